The average Bonchev–Trinajstić information content (AvgIpc) is 2.39. The Balaban J connectivity index is 0.00000200. The van der Waals surface area contributed by atoms with Crippen molar-refractivity contribution in [2.75, 3.05) is 26.7 Å². The van der Waals surface area contributed by atoms with E-state index in [2.05, 4.69) is 18.9 Å². The highest BCUT2D eigenvalue weighted by atomic mass is 35.5. The summed E-state index contributed by atoms with van der Waals surface area (Å²) in [4.78, 5) is 16.9. The van der Waals surface area contributed by atoms with Gasteiger partial charge >= 0.3 is 0 Å². The maximum Gasteiger partial charge on any atom is 0.247 e. The zero-order valence-corrected chi connectivity index (χ0v) is 14.4. The normalized spacial score (nSPS) is 21.7. The lowest BCUT2D eigenvalue weighted by Crippen LogP contribution is -2.59. The predicted octanol–water partition coefficient (Wildman–Crippen LogP) is 1.87. The van der Waals surface area contributed by atoms with Crippen molar-refractivity contribution in [3.8, 4) is 0 Å². The van der Waals surface area contributed by atoms with Gasteiger partial charge in [0.05, 0.1) is 0 Å². The number of halogens is 2. The molecule has 0 bridgehead atoms. The molecule has 1 aliphatic rings. The quantitative estimate of drug-likeness (QED) is 0.898. The third kappa shape index (κ3) is 4.33. The van der Waals surface area contributed by atoms with Crippen molar-refractivity contribution >= 4 is 30.7 Å². The molecule has 2 rings (SSSR count). The average molecular weight is 334 g/mol. The molecule has 1 fully saturated rings. The van der Waals surface area contributed by atoms with Crippen LogP contribution in [0.5, 0.6) is 0 Å². The first-order valence-electron chi connectivity index (χ1n) is 6.77. The maximum atomic E-state index is 12.7. The molecule has 1 aliphatic heterocycles. The molecule has 120 valence electrons. The number of carbonyl (C=O) groups excluding carboxylic acids is 1. The van der Waals surface area contributed by atoms with Gasteiger partial charge in [-0.05, 0) is 26.5 Å². The van der Waals surface area contributed by atoms with Gasteiger partial charge in [-0.25, -0.2) is 0 Å². The first-order chi connectivity index (χ1) is 8.93. The highest BCUT2D eigenvalue weighted by molar-refractivity contribution is 5.87. The number of likely N-dealkylation sites (N-methyl/N-ethyl adjacent to an activating group) is 1. The minimum absolute atomic E-state index is 0. The van der Waals surface area contributed by atoms with Crippen LogP contribution in [0.15, 0.2) is 30.3 Å². The molecular weight excluding hydrogens is 309 g/mol. The van der Waals surface area contributed by atoms with Gasteiger partial charge in [-0.2, -0.15) is 0 Å². The number of piperazine rings is 1. The molecule has 0 saturated carbocycles. The molecule has 21 heavy (non-hydrogen) atoms. The van der Waals surface area contributed by atoms with Crippen LogP contribution in [0.2, 0.25) is 0 Å². The molecule has 6 heteroatoms. The Morgan fingerprint density at radius 2 is 1.81 bits per heavy atom. The number of amides is 1. The monoisotopic (exact) mass is 333 g/mol. The van der Waals surface area contributed by atoms with Crippen molar-refractivity contribution in [2.45, 2.75) is 25.4 Å². The molecule has 1 aromatic rings. The Morgan fingerprint density at radius 1 is 1.24 bits per heavy atom. The minimum Gasteiger partial charge on any atom is -0.336 e. The molecule has 2 unspecified atom stereocenters. The number of rotatable bonds is 2. The predicted molar refractivity (Wildman–Crippen MR) is 91.1 cm³/mol. The Bertz CT molecular complexity index is 453. The Hall–Kier alpha value is -0.810. The zero-order valence-electron chi connectivity index (χ0n) is 12.8. The SMILES string of the molecule is CC1CN(C)CCN1C(=O)C(C)(N)c1ccccc1.Cl.Cl. The van der Waals surface area contributed by atoms with Crippen LogP contribution >= 0.6 is 24.8 Å². The van der Waals surface area contributed by atoms with E-state index in [9.17, 15) is 4.79 Å². The van der Waals surface area contributed by atoms with E-state index in [1.54, 1.807) is 6.92 Å². The smallest absolute Gasteiger partial charge is 0.247 e. The lowest BCUT2D eigenvalue weighted by atomic mass is 9.91. The van der Waals surface area contributed by atoms with Gasteiger partial charge in [0.2, 0.25) is 5.91 Å². The molecule has 0 aliphatic carbocycles. The molecule has 1 saturated heterocycles. The molecule has 0 radical (unpaired) electrons. The van der Waals surface area contributed by atoms with Crippen LogP contribution < -0.4 is 5.73 Å². The van der Waals surface area contributed by atoms with Crippen molar-refractivity contribution in [3.63, 3.8) is 0 Å². The topological polar surface area (TPSA) is 49.6 Å². The van der Waals surface area contributed by atoms with Gasteiger partial charge in [-0.15, -0.1) is 24.8 Å². The van der Waals surface area contributed by atoms with E-state index in [-0.39, 0.29) is 36.8 Å². The van der Waals surface area contributed by atoms with Crippen LogP contribution in [-0.2, 0) is 10.3 Å². The molecule has 0 aromatic heterocycles. The van der Waals surface area contributed by atoms with Gasteiger partial charge in [0.1, 0.15) is 5.54 Å². The van der Waals surface area contributed by atoms with Gasteiger partial charge in [0, 0.05) is 25.7 Å². The molecule has 2 N–H and O–H groups in total. The molecule has 0 spiro atoms. The molecule has 2 atom stereocenters. The van der Waals surface area contributed by atoms with Crippen LogP contribution in [0.25, 0.3) is 0 Å². The second-order valence-electron chi connectivity index (χ2n) is 5.68. The number of carbonyl (C=O) groups is 1. The van der Waals surface area contributed by atoms with Gasteiger partial charge in [-0.1, -0.05) is 30.3 Å². The number of hydrogen-bond donors (Lipinski definition) is 1. The van der Waals surface area contributed by atoms with Crippen molar-refractivity contribution in [2.24, 2.45) is 5.73 Å². The highest BCUT2D eigenvalue weighted by Crippen LogP contribution is 2.22. The third-order valence-corrected chi connectivity index (χ3v) is 3.91. The minimum atomic E-state index is -0.953. The van der Waals surface area contributed by atoms with Crippen molar-refractivity contribution in [3.05, 3.63) is 35.9 Å². The summed E-state index contributed by atoms with van der Waals surface area (Å²) in [6.07, 6.45) is 0. The number of nitrogens with zero attached hydrogens (tertiary/aromatic N) is 2. The zero-order chi connectivity index (χ0) is 14.0. The van der Waals surface area contributed by atoms with Gasteiger partial charge in [0.25, 0.3) is 0 Å². The summed E-state index contributed by atoms with van der Waals surface area (Å²) in [6, 6.07) is 9.81. The lowest BCUT2D eigenvalue weighted by Gasteiger charge is -2.41. The molecular formula is C15H25Cl2N3O. The number of nitrogens with two attached hydrogens (primary N) is 1. The van der Waals surface area contributed by atoms with E-state index >= 15 is 0 Å². The van der Waals surface area contributed by atoms with Crippen LogP contribution in [0, 0.1) is 0 Å². The highest BCUT2D eigenvalue weighted by Gasteiger charge is 2.37. The van der Waals surface area contributed by atoms with E-state index in [1.165, 1.54) is 0 Å². The Morgan fingerprint density at radius 3 is 2.33 bits per heavy atom. The second-order valence-corrected chi connectivity index (χ2v) is 5.68. The Kier molecular flexibility index (Phi) is 7.68. The van der Waals surface area contributed by atoms with Crippen LogP contribution in [0.3, 0.4) is 0 Å². The van der Waals surface area contributed by atoms with E-state index in [1.807, 2.05) is 35.2 Å². The fourth-order valence-corrected chi connectivity index (χ4v) is 2.65. The third-order valence-electron chi connectivity index (χ3n) is 3.91. The largest absolute Gasteiger partial charge is 0.336 e. The van der Waals surface area contributed by atoms with Crippen molar-refractivity contribution in [1.29, 1.82) is 0 Å². The van der Waals surface area contributed by atoms with Crippen LogP contribution in [0.1, 0.15) is 19.4 Å². The summed E-state index contributed by atoms with van der Waals surface area (Å²) in [5.41, 5.74) is 6.22. The van der Waals surface area contributed by atoms with Crippen molar-refractivity contribution < 1.29 is 4.79 Å². The molecule has 1 heterocycles. The molecule has 4 nitrogen and oxygen atoms in total. The second kappa shape index (κ2) is 7.99. The summed E-state index contributed by atoms with van der Waals surface area (Å²) in [5, 5.41) is 0. The van der Waals surface area contributed by atoms with Crippen LogP contribution in [0.4, 0.5) is 0 Å². The van der Waals surface area contributed by atoms with E-state index in [0.29, 0.717) is 0 Å². The standard InChI is InChI=1S/C15H23N3O.2ClH/c1-12-11-17(3)9-10-18(12)14(19)15(2,16)13-7-5-4-6-8-13;;/h4-8,12H,9-11,16H2,1-3H3;2*1H. The van der Waals surface area contributed by atoms with Gasteiger partial charge in [0.15, 0.2) is 0 Å². The molecule has 1 amide bonds. The summed E-state index contributed by atoms with van der Waals surface area (Å²) in [7, 11) is 2.08. The summed E-state index contributed by atoms with van der Waals surface area (Å²) in [6.45, 7) is 6.43. The summed E-state index contributed by atoms with van der Waals surface area (Å²) < 4.78 is 0. The Labute approximate surface area is 139 Å². The number of benzene rings is 1. The van der Waals surface area contributed by atoms with E-state index in [4.69, 9.17) is 5.73 Å². The lowest BCUT2D eigenvalue weighted by molar-refractivity contribution is -0.141. The van der Waals surface area contributed by atoms with E-state index < -0.39 is 5.54 Å². The fraction of sp³-hybridized carbons (Fsp3) is 0.533. The van der Waals surface area contributed by atoms with Crippen molar-refractivity contribution in [1.82, 2.24) is 9.80 Å². The maximum absolute atomic E-state index is 12.7. The fourth-order valence-electron chi connectivity index (χ4n) is 2.65. The summed E-state index contributed by atoms with van der Waals surface area (Å²) >= 11 is 0. The molecule has 1 aromatic carbocycles. The first-order valence-corrected chi connectivity index (χ1v) is 6.77. The van der Waals surface area contributed by atoms with Gasteiger partial charge < -0.3 is 15.5 Å². The number of hydrogen-bond acceptors (Lipinski definition) is 3. The van der Waals surface area contributed by atoms with E-state index in [0.717, 1.165) is 25.2 Å². The van der Waals surface area contributed by atoms with Crippen LogP contribution in [-0.4, -0.2) is 48.4 Å². The first kappa shape index (κ1) is 20.2. The summed E-state index contributed by atoms with van der Waals surface area (Å²) in [5.74, 6) is 0.0132. The van der Waals surface area contributed by atoms with Gasteiger partial charge in [-0.3, -0.25) is 4.79 Å².